The summed E-state index contributed by atoms with van der Waals surface area (Å²) < 4.78 is 16.0. The highest BCUT2D eigenvalue weighted by Crippen LogP contribution is 2.39. The monoisotopic (exact) mass is 425 g/mol. The lowest BCUT2D eigenvalue weighted by Gasteiger charge is -2.18. The zero-order valence-electron chi connectivity index (χ0n) is 16.6. The van der Waals surface area contributed by atoms with Gasteiger partial charge in [-0.2, -0.15) is 0 Å². The molecule has 3 aromatic rings. The van der Waals surface area contributed by atoms with Gasteiger partial charge in [-0.15, -0.1) is 15.0 Å². The first kappa shape index (κ1) is 20.2. The number of phenolic OH excluding ortho intramolecular Hbond substituents is 1. The van der Waals surface area contributed by atoms with Gasteiger partial charge in [0.1, 0.15) is 28.6 Å². The largest absolute Gasteiger partial charge is 0.505 e. The standard InChI is InChI=1S/C21H19N3O7/c1-3-5-15(31-18(26)4-2)19-11(21(27)28)6-7-12-20(19)23-24(22-12)13-8-16-17(9-14(13)25)30-10-29-16/h4,6-9,15,25H,2-3,5,10H2,1H3,(H,27,28). The number of phenols is 1. The van der Waals surface area contributed by atoms with Gasteiger partial charge in [0.15, 0.2) is 11.5 Å². The molecule has 1 aliphatic rings. The molecule has 160 valence electrons. The summed E-state index contributed by atoms with van der Waals surface area (Å²) in [6.45, 7) is 5.32. The molecule has 0 spiro atoms. The zero-order valence-corrected chi connectivity index (χ0v) is 16.6. The highest BCUT2D eigenvalue weighted by Gasteiger charge is 2.27. The smallest absolute Gasteiger partial charge is 0.336 e. The van der Waals surface area contributed by atoms with E-state index >= 15 is 0 Å². The molecule has 0 saturated carbocycles. The molecule has 0 bridgehead atoms. The van der Waals surface area contributed by atoms with Gasteiger partial charge in [-0.05, 0) is 18.6 Å². The number of aromatic nitrogens is 3. The van der Waals surface area contributed by atoms with Gasteiger partial charge in [0.05, 0.1) is 5.56 Å². The Kier molecular flexibility index (Phi) is 5.20. The van der Waals surface area contributed by atoms with Crippen molar-refractivity contribution in [3.05, 3.63) is 48.0 Å². The second-order valence-corrected chi connectivity index (χ2v) is 6.80. The van der Waals surface area contributed by atoms with Crippen molar-refractivity contribution < 1.29 is 34.0 Å². The molecule has 1 aromatic heterocycles. The van der Waals surface area contributed by atoms with Crippen LogP contribution >= 0.6 is 0 Å². The van der Waals surface area contributed by atoms with Crippen LogP contribution < -0.4 is 9.47 Å². The fourth-order valence-corrected chi connectivity index (χ4v) is 3.41. The van der Waals surface area contributed by atoms with Crippen molar-refractivity contribution in [2.75, 3.05) is 6.79 Å². The van der Waals surface area contributed by atoms with Crippen LogP contribution in [0.2, 0.25) is 0 Å². The second kappa shape index (κ2) is 7.98. The maximum atomic E-state index is 11.9. The van der Waals surface area contributed by atoms with Crippen molar-refractivity contribution in [2.45, 2.75) is 25.9 Å². The molecule has 2 heterocycles. The van der Waals surface area contributed by atoms with Gasteiger partial charge in [0.2, 0.25) is 6.79 Å². The van der Waals surface area contributed by atoms with Crippen LogP contribution in [0.25, 0.3) is 16.7 Å². The maximum absolute atomic E-state index is 11.9. The molecule has 0 amide bonds. The van der Waals surface area contributed by atoms with E-state index in [2.05, 4.69) is 16.8 Å². The molecule has 10 nitrogen and oxygen atoms in total. The number of esters is 1. The number of carboxylic acids is 1. The van der Waals surface area contributed by atoms with Crippen molar-refractivity contribution in [3.63, 3.8) is 0 Å². The Hall–Kier alpha value is -4.08. The number of nitrogens with zero attached hydrogens (tertiary/aromatic N) is 3. The maximum Gasteiger partial charge on any atom is 0.336 e. The molecule has 0 saturated heterocycles. The van der Waals surface area contributed by atoms with Crippen LogP contribution in [-0.4, -0.2) is 43.9 Å². The molecule has 1 atom stereocenters. The van der Waals surface area contributed by atoms with E-state index in [-0.39, 0.29) is 34.9 Å². The summed E-state index contributed by atoms with van der Waals surface area (Å²) in [6.07, 6.45) is 1.16. The number of aromatic hydroxyl groups is 1. The Balaban J connectivity index is 1.90. The average molecular weight is 425 g/mol. The Labute approximate surface area is 176 Å². The van der Waals surface area contributed by atoms with Crippen LogP contribution in [0.5, 0.6) is 17.2 Å². The summed E-state index contributed by atoms with van der Waals surface area (Å²) in [7, 11) is 0. The van der Waals surface area contributed by atoms with Crippen molar-refractivity contribution in [1.82, 2.24) is 15.0 Å². The van der Waals surface area contributed by atoms with Gasteiger partial charge >= 0.3 is 11.9 Å². The zero-order chi connectivity index (χ0) is 22.1. The Bertz CT molecular complexity index is 1200. The number of carbonyl (C=O) groups is 2. The Morgan fingerprint density at radius 2 is 2.03 bits per heavy atom. The summed E-state index contributed by atoms with van der Waals surface area (Å²) in [4.78, 5) is 25.0. The predicted octanol–water partition coefficient (Wildman–Crippen LogP) is 3.12. The first-order valence-electron chi connectivity index (χ1n) is 9.52. The molecule has 2 N–H and O–H groups in total. The molecule has 4 rings (SSSR count). The molecule has 0 aliphatic carbocycles. The summed E-state index contributed by atoms with van der Waals surface area (Å²) >= 11 is 0. The van der Waals surface area contributed by atoms with E-state index in [0.29, 0.717) is 29.9 Å². The third-order valence-corrected chi connectivity index (χ3v) is 4.81. The van der Waals surface area contributed by atoms with Crippen LogP contribution in [0, 0.1) is 0 Å². The van der Waals surface area contributed by atoms with Crippen LogP contribution in [-0.2, 0) is 9.53 Å². The highest BCUT2D eigenvalue weighted by atomic mass is 16.7. The third kappa shape index (κ3) is 3.63. The molecule has 2 aromatic carbocycles. The first-order chi connectivity index (χ1) is 14.9. The van der Waals surface area contributed by atoms with Crippen LogP contribution in [0.15, 0.2) is 36.9 Å². The quantitative estimate of drug-likeness (QED) is 0.432. The van der Waals surface area contributed by atoms with E-state index in [0.717, 1.165) is 6.08 Å². The minimum atomic E-state index is -1.19. The van der Waals surface area contributed by atoms with E-state index in [1.807, 2.05) is 6.92 Å². The van der Waals surface area contributed by atoms with Gasteiger partial charge < -0.3 is 24.4 Å². The SMILES string of the molecule is C=CC(=O)OC(CCC)c1c(C(=O)O)ccc2nn(-c3cc4c(cc3O)OCO4)nc12. The van der Waals surface area contributed by atoms with E-state index in [9.17, 15) is 19.8 Å². The molecule has 1 unspecified atom stereocenters. The fourth-order valence-electron chi connectivity index (χ4n) is 3.41. The summed E-state index contributed by atoms with van der Waals surface area (Å²) in [6, 6.07) is 5.81. The number of hydrogen-bond donors (Lipinski definition) is 2. The molecule has 0 radical (unpaired) electrons. The Morgan fingerprint density at radius 3 is 2.71 bits per heavy atom. The number of fused-ring (bicyclic) bond motifs is 2. The summed E-state index contributed by atoms with van der Waals surface area (Å²) in [5.74, 6) is -1.19. The minimum Gasteiger partial charge on any atom is -0.505 e. The lowest BCUT2D eigenvalue weighted by molar-refractivity contribution is -0.143. The van der Waals surface area contributed by atoms with Gasteiger partial charge in [0, 0.05) is 23.8 Å². The molecule has 10 heteroatoms. The number of carbonyl (C=O) groups excluding carboxylic acids is 1. The predicted molar refractivity (Wildman–Crippen MR) is 108 cm³/mol. The minimum absolute atomic E-state index is 0.0340. The van der Waals surface area contributed by atoms with Gasteiger partial charge in [-0.3, -0.25) is 0 Å². The second-order valence-electron chi connectivity index (χ2n) is 6.80. The lowest BCUT2D eigenvalue weighted by atomic mass is 9.97. The number of carboxylic acid groups (broad SMARTS) is 1. The van der Waals surface area contributed by atoms with E-state index in [1.165, 1.54) is 29.1 Å². The number of rotatable bonds is 7. The molecule has 0 fully saturated rings. The van der Waals surface area contributed by atoms with Crippen LogP contribution in [0.1, 0.15) is 41.8 Å². The van der Waals surface area contributed by atoms with Crippen LogP contribution in [0.4, 0.5) is 0 Å². The van der Waals surface area contributed by atoms with Crippen molar-refractivity contribution in [2.24, 2.45) is 0 Å². The van der Waals surface area contributed by atoms with Gasteiger partial charge in [-0.1, -0.05) is 19.9 Å². The van der Waals surface area contributed by atoms with Gasteiger partial charge in [-0.25, -0.2) is 9.59 Å². The third-order valence-electron chi connectivity index (χ3n) is 4.81. The molecular formula is C21H19N3O7. The highest BCUT2D eigenvalue weighted by molar-refractivity contribution is 5.96. The van der Waals surface area contributed by atoms with Crippen LogP contribution in [0.3, 0.4) is 0 Å². The Morgan fingerprint density at radius 1 is 1.29 bits per heavy atom. The van der Waals surface area contributed by atoms with E-state index in [4.69, 9.17) is 14.2 Å². The van der Waals surface area contributed by atoms with Crippen molar-refractivity contribution >= 4 is 23.0 Å². The fraction of sp³-hybridized carbons (Fsp3) is 0.238. The number of ether oxygens (including phenoxy) is 3. The first-order valence-corrected chi connectivity index (χ1v) is 9.52. The van der Waals surface area contributed by atoms with E-state index < -0.39 is 18.0 Å². The lowest BCUT2D eigenvalue weighted by Crippen LogP contribution is -2.14. The normalized spacial score (nSPS) is 13.2. The number of aromatic carboxylic acids is 1. The number of benzene rings is 2. The summed E-state index contributed by atoms with van der Waals surface area (Å²) in [5.41, 5.74) is 1.01. The topological polar surface area (TPSA) is 133 Å². The summed E-state index contributed by atoms with van der Waals surface area (Å²) in [5, 5.41) is 28.9. The van der Waals surface area contributed by atoms with Crippen molar-refractivity contribution in [3.8, 4) is 22.9 Å². The molecule has 1 aliphatic heterocycles. The van der Waals surface area contributed by atoms with Gasteiger partial charge in [0.25, 0.3) is 0 Å². The van der Waals surface area contributed by atoms with Crippen molar-refractivity contribution in [1.29, 1.82) is 0 Å². The molecular weight excluding hydrogens is 406 g/mol. The number of hydrogen-bond acceptors (Lipinski definition) is 8. The van der Waals surface area contributed by atoms with E-state index in [1.54, 1.807) is 0 Å². The molecule has 31 heavy (non-hydrogen) atoms. The average Bonchev–Trinajstić information content (AvgIpc) is 3.37.